The number of fused-ring (bicyclic) bond motifs is 1. The average molecular weight is 747 g/mol. The number of benzene rings is 1. The highest BCUT2D eigenvalue weighted by atomic mass is 16.5. The Balaban J connectivity index is 0.805. The Labute approximate surface area is 320 Å². The van der Waals surface area contributed by atoms with Crippen LogP contribution in [0.2, 0.25) is 0 Å². The van der Waals surface area contributed by atoms with E-state index in [1.165, 1.54) is 12.6 Å². The van der Waals surface area contributed by atoms with Crippen LogP contribution in [-0.4, -0.2) is 80.8 Å². The minimum atomic E-state index is -0.269. The Morgan fingerprint density at radius 3 is 2.29 bits per heavy atom. The Hall–Kier alpha value is -5.17. The molecule has 4 fully saturated rings. The number of piperidine rings is 3. The summed E-state index contributed by atoms with van der Waals surface area (Å²) in [5.41, 5.74) is 3.28. The number of ketones is 1. The van der Waals surface area contributed by atoms with Gasteiger partial charge in [0.15, 0.2) is 5.78 Å². The molecule has 4 aliphatic rings. The first kappa shape index (κ1) is 36.8. The third-order valence-electron chi connectivity index (χ3n) is 12.2. The Morgan fingerprint density at radius 2 is 1.62 bits per heavy atom. The van der Waals surface area contributed by atoms with Crippen LogP contribution in [0.1, 0.15) is 105 Å². The molecule has 6 heterocycles. The van der Waals surface area contributed by atoms with Crippen LogP contribution in [0, 0.1) is 12.8 Å². The fourth-order valence-electron chi connectivity index (χ4n) is 9.08. The number of carbonyl (C=O) groups excluding carboxylic acids is 3. The lowest BCUT2D eigenvalue weighted by molar-refractivity contribution is -0.134. The second-order valence-electron chi connectivity index (χ2n) is 15.7. The monoisotopic (exact) mass is 746 g/mol. The third-order valence-corrected chi connectivity index (χ3v) is 12.2. The Morgan fingerprint density at radius 1 is 0.873 bits per heavy atom. The lowest BCUT2D eigenvalue weighted by atomic mass is 9.90. The molecule has 3 saturated heterocycles. The fraction of sp³-hybridized carbons (Fsp3) is 0.500. The largest absolute Gasteiger partial charge is 0.492 e. The number of aryl methyl sites for hydroxylation is 1. The number of likely N-dealkylation sites (tertiary alicyclic amines) is 1. The summed E-state index contributed by atoms with van der Waals surface area (Å²) in [5.74, 6) is 1.27. The predicted molar refractivity (Wildman–Crippen MR) is 210 cm³/mol. The van der Waals surface area contributed by atoms with Gasteiger partial charge in [-0.3, -0.25) is 29.1 Å². The number of rotatable bonds is 10. The van der Waals surface area contributed by atoms with E-state index in [1.54, 1.807) is 23.9 Å². The number of ether oxygens (including phenoxy) is 1. The van der Waals surface area contributed by atoms with Gasteiger partial charge in [-0.1, -0.05) is 25.0 Å². The summed E-state index contributed by atoms with van der Waals surface area (Å²) in [6, 6.07) is 12.7. The predicted octanol–water partition coefficient (Wildman–Crippen LogP) is 5.84. The SMILES string of the molecule is CC(=O)c1c(C)c2cnc(Nc3ccc(OCC4CCN(C5CCN(c6ccc(C7CCC(=O)NC7=O)cc6)CC5)CC4)cn3)nc2n(C2CCCC2)c1=O. The fourth-order valence-corrected chi connectivity index (χ4v) is 9.08. The van der Waals surface area contributed by atoms with Crippen molar-refractivity contribution >= 4 is 46.1 Å². The van der Waals surface area contributed by atoms with Gasteiger partial charge in [0.05, 0.1) is 24.3 Å². The number of carbonyl (C=O) groups is 3. The maximum Gasteiger partial charge on any atom is 0.263 e. The molecule has 1 atom stereocenters. The lowest BCUT2D eigenvalue weighted by Crippen LogP contribution is -2.48. The molecule has 0 spiro atoms. The van der Waals surface area contributed by atoms with Crippen molar-refractivity contribution in [3.63, 3.8) is 0 Å². The quantitative estimate of drug-likeness (QED) is 0.149. The topological polar surface area (TPSA) is 152 Å². The second-order valence-corrected chi connectivity index (χ2v) is 15.7. The molecule has 4 aromatic rings. The van der Waals surface area contributed by atoms with E-state index in [4.69, 9.17) is 9.72 Å². The molecule has 3 aliphatic heterocycles. The van der Waals surface area contributed by atoms with Crippen molar-refractivity contribution in [2.75, 3.05) is 43.0 Å². The molecule has 13 nitrogen and oxygen atoms in total. The van der Waals surface area contributed by atoms with Gasteiger partial charge in [-0.15, -0.1) is 0 Å². The van der Waals surface area contributed by atoms with Crippen molar-refractivity contribution in [1.82, 2.24) is 29.7 Å². The van der Waals surface area contributed by atoms with Crippen molar-refractivity contribution in [3.8, 4) is 5.75 Å². The Bertz CT molecular complexity index is 2110. The number of pyridine rings is 2. The molecule has 0 bridgehead atoms. The van der Waals surface area contributed by atoms with Gasteiger partial charge >= 0.3 is 0 Å². The average Bonchev–Trinajstić information content (AvgIpc) is 3.73. The van der Waals surface area contributed by atoms with Gasteiger partial charge in [0.1, 0.15) is 17.2 Å². The molecular weight excluding hydrogens is 697 g/mol. The zero-order chi connectivity index (χ0) is 38.1. The van der Waals surface area contributed by atoms with Gasteiger partial charge in [0, 0.05) is 48.9 Å². The maximum absolute atomic E-state index is 13.5. The van der Waals surface area contributed by atoms with Gasteiger partial charge in [-0.2, -0.15) is 4.98 Å². The highest BCUT2D eigenvalue weighted by molar-refractivity contribution is 6.01. The van der Waals surface area contributed by atoms with Gasteiger partial charge < -0.3 is 19.9 Å². The molecule has 0 radical (unpaired) electrons. The molecule has 8 rings (SSSR count). The number of imide groups is 1. The van der Waals surface area contributed by atoms with Crippen molar-refractivity contribution in [1.29, 1.82) is 0 Å². The van der Waals surface area contributed by atoms with Crippen LogP contribution in [0.5, 0.6) is 5.75 Å². The van der Waals surface area contributed by atoms with E-state index in [1.807, 2.05) is 24.3 Å². The van der Waals surface area contributed by atoms with Crippen LogP contribution in [-0.2, 0) is 9.59 Å². The van der Waals surface area contributed by atoms with Crippen molar-refractivity contribution in [2.24, 2.45) is 5.92 Å². The normalized spacial score (nSPS) is 20.5. The molecule has 1 unspecified atom stereocenters. The first-order valence-electron chi connectivity index (χ1n) is 19.9. The number of amides is 2. The van der Waals surface area contributed by atoms with Crippen molar-refractivity contribution in [2.45, 2.75) is 96.1 Å². The lowest BCUT2D eigenvalue weighted by Gasteiger charge is -2.42. The van der Waals surface area contributed by atoms with E-state index in [2.05, 4.69) is 42.5 Å². The van der Waals surface area contributed by atoms with Crippen LogP contribution in [0.3, 0.4) is 0 Å². The molecule has 288 valence electrons. The second kappa shape index (κ2) is 15.9. The third kappa shape index (κ3) is 7.85. The molecule has 1 aromatic carbocycles. The van der Waals surface area contributed by atoms with Gasteiger partial charge in [0.25, 0.3) is 5.56 Å². The number of nitrogens with one attached hydrogen (secondary N) is 2. The molecule has 2 N–H and O–H groups in total. The molecule has 2 amide bonds. The van der Waals surface area contributed by atoms with E-state index >= 15 is 0 Å². The summed E-state index contributed by atoms with van der Waals surface area (Å²) in [6.07, 6.45) is 12.7. The summed E-state index contributed by atoms with van der Waals surface area (Å²) >= 11 is 0. The first-order valence-corrected chi connectivity index (χ1v) is 19.9. The van der Waals surface area contributed by atoms with E-state index in [9.17, 15) is 19.2 Å². The molecule has 3 aromatic heterocycles. The van der Waals surface area contributed by atoms with Crippen LogP contribution >= 0.6 is 0 Å². The summed E-state index contributed by atoms with van der Waals surface area (Å²) in [7, 11) is 0. The number of anilines is 3. The number of aromatic nitrogens is 4. The van der Waals surface area contributed by atoms with Gasteiger partial charge in [-0.05, 0) is 113 Å². The van der Waals surface area contributed by atoms with E-state index < -0.39 is 0 Å². The van der Waals surface area contributed by atoms with Crippen molar-refractivity contribution < 1.29 is 19.1 Å². The maximum atomic E-state index is 13.5. The number of hydrogen-bond donors (Lipinski definition) is 2. The zero-order valence-corrected chi connectivity index (χ0v) is 31.8. The highest BCUT2D eigenvalue weighted by Crippen LogP contribution is 2.33. The summed E-state index contributed by atoms with van der Waals surface area (Å²) < 4.78 is 7.90. The van der Waals surface area contributed by atoms with Crippen LogP contribution in [0.15, 0.2) is 53.6 Å². The minimum Gasteiger partial charge on any atom is -0.492 e. The van der Waals surface area contributed by atoms with Crippen LogP contribution < -0.4 is 25.8 Å². The molecule has 55 heavy (non-hydrogen) atoms. The molecule has 13 heteroatoms. The summed E-state index contributed by atoms with van der Waals surface area (Å²) in [5, 5.41) is 6.36. The van der Waals surface area contributed by atoms with Crippen molar-refractivity contribution in [3.05, 3.63) is 75.8 Å². The summed E-state index contributed by atoms with van der Waals surface area (Å²) in [6.45, 7) is 8.08. The molecule has 1 aliphatic carbocycles. The molecular formula is C42H50N8O5. The van der Waals surface area contributed by atoms with E-state index in [0.717, 1.165) is 83.1 Å². The number of hydrogen-bond acceptors (Lipinski definition) is 11. The van der Waals surface area contributed by atoms with E-state index in [-0.39, 0.29) is 40.7 Å². The smallest absolute Gasteiger partial charge is 0.263 e. The molecule has 1 saturated carbocycles. The van der Waals surface area contributed by atoms with E-state index in [0.29, 0.717) is 65.5 Å². The number of Topliss-reactive ketones (excluding diaryl/α,β-unsaturated/α-hetero) is 1. The number of nitrogens with zero attached hydrogens (tertiary/aromatic N) is 6. The Kier molecular flexibility index (Phi) is 10.6. The zero-order valence-electron chi connectivity index (χ0n) is 31.8. The highest BCUT2D eigenvalue weighted by Gasteiger charge is 2.31. The van der Waals surface area contributed by atoms with Gasteiger partial charge in [0.2, 0.25) is 17.8 Å². The van der Waals surface area contributed by atoms with Crippen LogP contribution in [0.4, 0.5) is 17.5 Å². The first-order chi connectivity index (χ1) is 26.7. The van der Waals surface area contributed by atoms with Gasteiger partial charge in [-0.25, -0.2) is 9.97 Å². The standard InChI is InChI=1S/C42H50N8O5/c1-26-35-24-44-42(47-39(35)50(32-5-3-4-6-32)41(54)38(26)27(2)51)45-36-13-11-33(23-43-36)55-25-28-15-19-48(20-16-28)31-17-21-49(22-18-31)30-9-7-29(8-10-30)34-12-14-37(52)46-40(34)53/h7-11,13,23-24,28,31-32,34H,3-6,12,14-22,25H2,1-2H3,(H,46,52,53)(H,43,44,45,47). The summed E-state index contributed by atoms with van der Waals surface area (Å²) in [4.78, 5) is 68.7. The minimum absolute atomic E-state index is 0.0168. The van der Waals surface area contributed by atoms with Crippen LogP contribution in [0.25, 0.3) is 11.0 Å².